The molecule has 3 rings (SSSR count). The number of halogens is 2. The number of pyridine rings is 2. The van der Waals surface area contributed by atoms with Crippen LogP contribution in [0.3, 0.4) is 0 Å². The fourth-order valence-electron chi connectivity index (χ4n) is 2.44. The highest BCUT2D eigenvalue weighted by Gasteiger charge is 2.19. The molecule has 1 N–H and O–H groups in total. The van der Waals surface area contributed by atoms with E-state index in [1.54, 1.807) is 19.9 Å². The highest BCUT2D eigenvalue weighted by Crippen LogP contribution is 2.32. The van der Waals surface area contributed by atoms with E-state index in [1.165, 1.54) is 6.20 Å². The normalized spacial score (nSPS) is 10.5. The number of nitrogens with one attached hydrogen (secondary N) is 1. The summed E-state index contributed by atoms with van der Waals surface area (Å²) in [6.45, 7) is 5.50. The Morgan fingerprint density at radius 2 is 1.92 bits per heavy atom. The van der Waals surface area contributed by atoms with Gasteiger partial charge in [-0.05, 0) is 45.0 Å². The van der Waals surface area contributed by atoms with Crippen LogP contribution in [0.5, 0.6) is 0 Å². The lowest BCUT2D eigenvalue weighted by atomic mass is 10.1. The molecule has 7 heteroatoms. The molecular weight excluding hydrogens is 373 g/mol. The van der Waals surface area contributed by atoms with Crippen molar-refractivity contribution in [2.45, 2.75) is 26.9 Å². The SMILES string of the molecule is Cc1ccc2c(Nc3ccccc3Cl)c(C(=O)OC(C)C)cnc2n1.Cl. The second-order valence-electron chi connectivity index (χ2n) is 5.93. The van der Waals surface area contributed by atoms with Crippen LogP contribution in [0.15, 0.2) is 42.6 Å². The Labute approximate surface area is 163 Å². The predicted octanol–water partition coefficient (Wildman–Crippen LogP) is 5.32. The summed E-state index contributed by atoms with van der Waals surface area (Å²) in [5, 5.41) is 4.52. The van der Waals surface area contributed by atoms with Gasteiger partial charge in [-0.2, -0.15) is 0 Å². The van der Waals surface area contributed by atoms with Crippen molar-refractivity contribution in [2.24, 2.45) is 0 Å². The van der Waals surface area contributed by atoms with Crippen molar-refractivity contribution >= 4 is 52.4 Å². The van der Waals surface area contributed by atoms with E-state index in [1.807, 2.05) is 37.3 Å². The lowest BCUT2D eigenvalue weighted by Crippen LogP contribution is -2.14. The zero-order valence-electron chi connectivity index (χ0n) is 14.6. The summed E-state index contributed by atoms with van der Waals surface area (Å²) >= 11 is 6.26. The third-order valence-electron chi connectivity index (χ3n) is 3.57. The molecule has 0 radical (unpaired) electrons. The number of fused-ring (bicyclic) bond motifs is 1. The van der Waals surface area contributed by atoms with Gasteiger partial charge in [-0.1, -0.05) is 23.7 Å². The predicted molar refractivity (Wildman–Crippen MR) is 107 cm³/mol. The topological polar surface area (TPSA) is 64.1 Å². The second-order valence-corrected chi connectivity index (χ2v) is 6.34. The number of aromatic nitrogens is 2. The first-order valence-corrected chi connectivity index (χ1v) is 8.32. The zero-order chi connectivity index (χ0) is 18.0. The average Bonchev–Trinajstić information content (AvgIpc) is 2.56. The van der Waals surface area contributed by atoms with Gasteiger partial charge in [-0.25, -0.2) is 14.8 Å². The first-order valence-electron chi connectivity index (χ1n) is 7.94. The Morgan fingerprint density at radius 3 is 2.62 bits per heavy atom. The number of carbonyl (C=O) groups excluding carboxylic acids is 1. The van der Waals surface area contributed by atoms with Crippen molar-refractivity contribution in [3.8, 4) is 0 Å². The van der Waals surface area contributed by atoms with Gasteiger partial charge in [0.1, 0.15) is 5.56 Å². The molecule has 0 saturated heterocycles. The van der Waals surface area contributed by atoms with Gasteiger partial charge in [0.25, 0.3) is 0 Å². The van der Waals surface area contributed by atoms with E-state index in [-0.39, 0.29) is 18.5 Å². The van der Waals surface area contributed by atoms with Crippen molar-refractivity contribution in [3.63, 3.8) is 0 Å². The molecule has 0 aliphatic heterocycles. The lowest BCUT2D eigenvalue weighted by Gasteiger charge is -2.16. The Morgan fingerprint density at radius 1 is 1.19 bits per heavy atom. The Hall–Kier alpha value is -2.37. The average molecular weight is 392 g/mol. The molecule has 26 heavy (non-hydrogen) atoms. The Kier molecular flexibility index (Phi) is 6.40. The quantitative estimate of drug-likeness (QED) is 0.609. The van der Waals surface area contributed by atoms with E-state index in [4.69, 9.17) is 16.3 Å². The zero-order valence-corrected chi connectivity index (χ0v) is 16.2. The van der Waals surface area contributed by atoms with E-state index in [2.05, 4.69) is 15.3 Å². The van der Waals surface area contributed by atoms with Crippen molar-refractivity contribution in [1.29, 1.82) is 0 Å². The summed E-state index contributed by atoms with van der Waals surface area (Å²) in [6, 6.07) is 11.1. The summed E-state index contributed by atoms with van der Waals surface area (Å²) in [5.41, 5.74) is 3.01. The number of nitrogens with zero attached hydrogens (tertiary/aromatic N) is 2. The van der Waals surface area contributed by atoms with Crippen LogP contribution in [0.4, 0.5) is 11.4 Å². The summed E-state index contributed by atoms with van der Waals surface area (Å²) < 4.78 is 5.35. The number of benzene rings is 1. The maximum absolute atomic E-state index is 12.5. The number of ether oxygens (including phenoxy) is 1. The molecule has 0 aliphatic rings. The third kappa shape index (κ3) is 4.23. The van der Waals surface area contributed by atoms with E-state index in [0.29, 0.717) is 27.6 Å². The van der Waals surface area contributed by atoms with Crippen molar-refractivity contribution in [3.05, 3.63) is 58.9 Å². The van der Waals surface area contributed by atoms with Gasteiger partial charge in [0.15, 0.2) is 5.65 Å². The number of hydrogen-bond acceptors (Lipinski definition) is 5. The fraction of sp³-hybridized carbons (Fsp3) is 0.211. The van der Waals surface area contributed by atoms with Gasteiger partial charge in [-0.3, -0.25) is 0 Å². The minimum Gasteiger partial charge on any atom is -0.459 e. The monoisotopic (exact) mass is 391 g/mol. The van der Waals surface area contributed by atoms with Crippen LogP contribution >= 0.6 is 24.0 Å². The molecule has 0 saturated carbocycles. The molecule has 2 aromatic heterocycles. The van der Waals surface area contributed by atoms with E-state index in [0.717, 1.165) is 11.1 Å². The van der Waals surface area contributed by atoms with Gasteiger partial charge in [0.05, 0.1) is 22.5 Å². The Bertz CT molecular complexity index is 945. The highest BCUT2D eigenvalue weighted by molar-refractivity contribution is 6.33. The molecule has 136 valence electrons. The van der Waals surface area contributed by atoms with Crippen molar-refractivity contribution < 1.29 is 9.53 Å². The number of hydrogen-bond donors (Lipinski definition) is 1. The van der Waals surface area contributed by atoms with Gasteiger partial charge in [0.2, 0.25) is 0 Å². The number of rotatable bonds is 4. The van der Waals surface area contributed by atoms with Crippen LogP contribution in [0, 0.1) is 6.92 Å². The maximum Gasteiger partial charge on any atom is 0.342 e. The summed E-state index contributed by atoms with van der Waals surface area (Å²) in [4.78, 5) is 21.2. The standard InChI is InChI=1S/C19H18ClN3O2.ClH/c1-11(2)25-19(24)14-10-21-18-13(9-8-12(3)22-18)17(14)23-16-7-5-4-6-15(16)20;/h4-11H,1-3H3,(H,21,22,23);1H. The molecule has 0 bridgehead atoms. The second kappa shape index (κ2) is 8.34. The molecule has 0 unspecified atom stereocenters. The smallest absolute Gasteiger partial charge is 0.342 e. The van der Waals surface area contributed by atoms with Gasteiger partial charge in [-0.15, -0.1) is 12.4 Å². The minimum atomic E-state index is -0.445. The molecule has 0 fully saturated rings. The molecule has 0 spiro atoms. The number of anilines is 2. The highest BCUT2D eigenvalue weighted by atomic mass is 35.5. The number of para-hydroxylation sites is 1. The number of aryl methyl sites for hydroxylation is 1. The van der Waals surface area contributed by atoms with Crippen LogP contribution in [0.25, 0.3) is 11.0 Å². The van der Waals surface area contributed by atoms with Gasteiger partial charge >= 0.3 is 5.97 Å². The fourth-order valence-corrected chi connectivity index (χ4v) is 2.62. The number of carbonyl (C=O) groups is 1. The van der Waals surface area contributed by atoms with Crippen molar-refractivity contribution in [2.75, 3.05) is 5.32 Å². The third-order valence-corrected chi connectivity index (χ3v) is 3.89. The molecule has 3 aromatic rings. The number of esters is 1. The molecular formula is C19H19Cl2N3O2. The summed E-state index contributed by atoms with van der Waals surface area (Å²) in [7, 11) is 0. The Balaban J connectivity index is 0.00000243. The van der Waals surface area contributed by atoms with Crippen LogP contribution in [0.2, 0.25) is 5.02 Å². The summed E-state index contributed by atoms with van der Waals surface area (Å²) in [5.74, 6) is -0.445. The van der Waals surface area contributed by atoms with Crippen LogP contribution in [-0.4, -0.2) is 22.0 Å². The maximum atomic E-state index is 12.5. The minimum absolute atomic E-state index is 0. The molecule has 1 aromatic carbocycles. The van der Waals surface area contributed by atoms with Crippen molar-refractivity contribution in [1.82, 2.24) is 9.97 Å². The van der Waals surface area contributed by atoms with Crippen LogP contribution in [-0.2, 0) is 4.74 Å². The van der Waals surface area contributed by atoms with Gasteiger partial charge in [0, 0.05) is 17.3 Å². The van der Waals surface area contributed by atoms with E-state index >= 15 is 0 Å². The molecule has 5 nitrogen and oxygen atoms in total. The van der Waals surface area contributed by atoms with E-state index in [9.17, 15) is 4.79 Å². The first-order chi connectivity index (χ1) is 12.0. The molecule has 2 heterocycles. The largest absolute Gasteiger partial charge is 0.459 e. The summed E-state index contributed by atoms with van der Waals surface area (Å²) in [6.07, 6.45) is 1.26. The first kappa shape index (κ1) is 19.9. The molecule has 0 amide bonds. The van der Waals surface area contributed by atoms with E-state index < -0.39 is 5.97 Å². The van der Waals surface area contributed by atoms with Crippen LogP contribution in [0.1, 0.15) is 29.9 Å². The molecule has 0 aliphatic carbocycles. The lowest BCUT2D eigenvalue weighted by molar-refractivity contribution is 0.0379. The van der Waals surface area contributed by atoms with Crippen LogP contribution < -0.4 is 5.32 Å². The van der Waals surface area contributed by atoms with Gasteiger partial charge < -0.3 is 10.1 Å². The molecule has 0 atom stereocenters.